The largest absolute Gasteiger partial charge is 0.479 e. The molecule has 7 aliphatic rings. The van der Waals surface area contributed by atoms with Crippen LogP contribution < -0.4 is 0 Å². The van der Waals surface area contributed by atoms with E-state index in [1.54, 1.807) is 0 Å². The summed E-state index contributed by atoms with van der Waals surface area (Å²) in [7, 11) is -31.8. The quantitative estimate of drug-likeness (QED) is 0.135. The van der Waals surface area contributed by atoms with E-state index in [2.05, 4.69) is 96.9 Å². The monoisotopic (exact) mass is 958 g/mol. The van der Waals surface area contributed by atoms with Crippen LogP contribution in [0.25, 0.3) is 0 Å². The molecule has 0 radical (unpaired) electrons. The fourth-order valence-electron chi connectivity index (χ4n) is 9.73. The molecule has 7 fully saturated rings. The lowest BCUT2D eigenvalue weighted by Gasteiger charge is -2.64. The Morgan fingerprint density at radius 2 is 0.569 bits per heavy atom. The van der Waals surface area contributed by atoms with E-state index in [1.807, 2.05) is 0 Å². The Balaban J connectivity index is 1.70. The third kappa shape index (κ3) is 11.2. The van der Waals surface area contributed by atoms with Gasteiger partial charge in [-0.2, -0.15) is 0 Å². The highest BCUT2D eigenvalue weighted by Crippen LogP contribution is 2.56. The summed E-state index contributed by atoms with van der Waals surface area (Å²) < 4.78 is 93.8. The highest BCUT2D eigenvalue weighted by Gasteiger charge is 2.83. The summed E-state index contributed by atoms with van der Waals surface area (Å²) in [5, 5.41) is 21.3. The average Bonchev–Trinajstić information content (AvgIpc) is 2.95. The first-order valence-corrected chi connectivity index (χ1v) is 38.0. The Morgan fingerprint density at radius 1 is 0.345 bits per heavy atom. The molecule has 0 amide bonds. The molecule has 6 aliphatic heterocycles. The Labute approximate surface area is 358 Å². The predicted octanol–water partition coefficient (Wildman–Crippen LogP) is 8.27. The van der Waals surface area contributed by atoms with Gasteiger partial charge in [-0.1, -0.05) is 96.9 Å². The van der Waals surface area contributed by atoms with E-state index < -0.39 is 82.6 Å². The number of hydrogen-bond acceptors (Lipinski definition) is 14. The van der Waals surface area contributed by atoms with Gasteiger partial charge in [0.25, 0.3) is 0 Å². The van der Waals surface area contributed by atoms with Gasteiger partial charge in [0, 0.05) is 48.4 Å². The van der Waals surface area contributed by atoms with Gasteiger partial charge in [0.1, 0.15) is 0 Å². The molecule has 1 saturated carbocycles. The minimum Gasteiger partial charge on any atom is -0.390 e. The van der Waals surface area contributed by atoms with Crippen molar-refractivity contribution in [1.29, 1.82) is 0 Å². The van der Waals surface area contributed by atoms with Crippen molar-refractivity contribution in [1.82, 2.24) is 0 Å². The van der Waals surface area contributed by atoms with Crippen molar-refractivity contribution >= 4 is 70.4 Å². The number of aliphatic hydroxyl groups is 2. The van der Waals surface area contributed by atoms with Crippen LogP contribution in [0.5, 0.6) is 0 Å². The molecule has 8 bridgehead atoms. The first-order chi connectivity index (χ1) is 26.8. The SMILES string of the molecule is CC(C)C[Si]12O[Si]3(CC[C@@H]4CC[C@@H](O)[C@H](O)C4)O[Si]4(CC(C)C)O[Si](CC(C)C)(O1)O[Si]1(CC(C)C)O[Si](CC(C)C)(O2)O[Si](CC(C)C)(O3)O[Si](CC(C)C)(O4)O1. The Bertz CT molecular complexity index is 1260. The molecule has 0 unspecified atom stereocenters. The molecule has 338 valence electrons. The Kier molecular flexibility index (Phi) is 15.0. The summed E-state index contributed by atoms with van der Waals surface area (Å²) in [5.41, 5.74) is 0. The van der Waals surface area contributed by atoms with E-state index in [4.69, 9.17) is 49.4 Å². The summed E-state index contributed by atoms with van der Waals surface area (Å²) in [6.07, 6.45) is 0.895. The van der Waals surface area contributed by atoms with Gasteiger partial charge in [0.05, 0.1) is 12.2 Å². The van der Waals surface area contributed by atoms with Crippen molar-refractivity contribution in [3.05, 3.63) is 0 Å². The molecule has 3 atom stereocenters. The van der Waals surface area contributed by atoms with Crippen LogP contribution in [0.4, 0.5) is 0 Å². The topological polar surface area (TPSA) is 151 Å². The molecule has 58 heavy (non-hydrogen) atoms. The van der Waals surface area contributed by atoms with Crippen LogP contribution >= 0.6 is 0 Å². The molecule has 0 aromatic heterocycles. The molecule has 7 rings (SSSR count). The summed E-state index contributed by atoms with van der Waals surface area (Å²) in [6.45, 7) is 30.2. The maximum atomic E-state index is 10.8. The molecule has 0 aromatic carbocycles. The van der Waals surface area contributed by atoms with E-state index in [9.17, 15) is 10.2 Å². The third-order valence-electron chi connectivity index (χ3n) is 11.1. The van der Waals surface area contributed by atoms with Crippen molar-refractivity contribution in [3.8, 4) is 0 Å². The summed E-state index contributed by atoms with van der Waals surface area (Å²) in [6, 6.07) is 3.62. The Morgan fingerprint density at radius 3 is 0.776 bits per heavy atom. The number of hydrogen-bond donors (Lipinski definition) is 2. The van der Waals surface area contributed by atoms with E-state index in [0.29, 0.717) is 67.6 Å². The van der Waals surface area contributed by atoms with E-state index in [-0.39, 0.29) is 47.3 Å². The van der Waals surface area contributed by atoms with Crippen LogP contribution in [0.1, 0.15) is 123 Å². The van der Waals surface area contributed by atoms with Gasteiger partial charge in [-0.3, -0.25) is 0 Å². The van der Waals surface area contributed by atoms with Crippen molar-refractivity contribution in [2.45, 2.75) is 183 Å². The van der Waals surface area contributed by atoms with E-state index in [0.717, 1.165) is 6.42 Å². The maximum Gasteiger partial charge on any atom is 0.479 e. The van der Waals surface area contributed by atoms with Crippen molar-refractivity contribution in [2.75, 3.05) is 0 Å². The third-order valence-corrected chi connectivity index (χ3v) is 51.1. The summed E-state index contributed by atoms with van der Waals surface area (Å²) in [5.74, 6) is 0.807. The fraction of sp³-hybridized carbons (Fsp3) is 1.00. The minimum absolute atomic E-state index is 0.0896. The van der Waals surface area contributed by atoms with Crippen molar-refractivity contribution < 1.29 is 59.6 Å². The summed E-state index contributed by atoms with van der Waals surface area (Å²) in [4.78, 5) is 0. The van der Waals surface area contributed by atoms with Crippen LogP contribution in [0, 0.1) is 47.3 Å². The van der Waals surface area contributed by atoms with Crippen molar-refractivity contribution in [2.24, 2.45) is 47.3 Å². The molecule has 14 nitrogen and oxygen atoms in total. The highest BCUT2D eigenvalue weighted by atomic mass is 28.6. The van der Waals surface area contributed by atoms with Crippen molar-refractivity contribution in [3.63, 3.8) is 0 Å². The molecule has 0 aromatic rings. The molecular weight excluding hydrogens is 881 g/mol. The first-order valence-electron chi connectivity index (χ1n) is 22.6. The lowest BCUT2D eigenvalue weighted by molar-refractivity contribution is -0.0367. The second kappa shape index (κ2) is 17.9. The van der Waals surface area contributed by atoms with Gasteiger partial charge < -0.3 is 59.6 Å². The summed E-state index contributed by atoms with van der Waals surface area (Å²) >= 11 is 0. The molecular formula is C36H78O14Si8. The smallest absolute Gasteiger partial charge is 0.390 e. The van der Waals surface area contributed by atoms with Crippen LogP contribution in [0.15, 0.2) is 0 Å². The zero-order valence-electron chi connectivity index (χ0n) is 38.1. The van der Waals surface area contributed by atoms with E-state index in [1.165, 1.54) is 0 Å². The fourth-order valence-corrected chi connectivity index (χ4v) is 61.5. The number of aliphatic hydroxyl groups excluding tert-OH is 2. The minimum atomic E-state index is -4.06. The normalized spacial score (nSPS) is 44.2. The molecule has 0 spiro atoms. The zero-order chi connectivity index (χ0) is 42.7. The Hall–Kier alpha value is 1.18. The first kappa shape index (κ1) is 48.6. The van der Waals surface area contributed by atoms with E-state index >= 15 is 0 Å². The predicted molar refractivity (Wildman–Crippen MR) is 235 cm³/mol. The van der Waals surface area contributed by atoms with Gasteiger partial charge in [0.15, 0.2) is 0 Å². The van der Waals surface area contributed by atoms with Crippen LogP contribution in [0.3, 0.4) is 0 Å². The molecule has 6 saturated heterocycles. The van der Waals surface area contributed by atoms with Gasteiger partial charge in [-0.25, -0.2) is 0 Å². The van der Waals surface area contributed by atoms with Gasteiger partial charge in [-0.05, 0) is 73.0 Å². The molecule has 1 aliphatic carbocycles. The lowest BCUT2D eigenvalue weighted by atomic mass is 9.84. The molecule has 6 heterocycles. The molecule has 2 N–H and O–H groups in total. The van der Waals surface area contributed by atoms with Crippen LogP contribution in [-0.2, 0) is 49.4 Å². The number of rotatable bonds is 17. The highest BCUT2D eigenvalue weighted by molar-refractivity contribution is 7.03. The lowest BCUT2D eigenvalue weighted by Crippen LogP contribution is -2.88. The maximum absolute atomic E-state index is 10.8. The average molecular weight is 960 g/mol. The molecule has 22 heteroatoms. The van der Waals surface area contributed by atoms with Gasteiger partial charge >= 0.3 is 70.4 Å². The zero-order valence-corrected chi connectivity index (χ0v) is 46.1. The standard InChI is InChI=1S/C36H78O14Si8/c1-27(2)20-52-39-51(18-17-34-15-16-35(37)36(38)19-34)40-53(21-28(3)4)44-55(42-52,23-30(7)8)48-58(26-33(13)14)49-56(43-52,24-31(9)10)45-54(41-51,22-29(5)6)47-57(46-53,50-58)25-32(11)12/h27-38H,15-26H2,1-14H3/t34-,35+,36+,51?,52?,53?,54?,55?,56?,57?,58?/m0/s1. The van der Waals surface area contributed by atoms with Crippen LogP contribution in [-0.4, -0.2) is 92.9 Å². The van der Waals surface area contributed by atoms with Crippen LogP contribution in [0.2, 0.25) is 48.4 Å². The van der Waals surface area contributed by atoms with Gasteiger partial charge in [0.2, 0.25) is 0 Å². The second-order valence-corrected chi connectivity index (χ2v) is 45.3. The van der Waals surface area contributed by atoms with Gasteiger partial charge in [-0.15, -0.1) is 0 Å². The second-order valence-electron chi connectivity index (χ2n) is 21.2.